The van der Waals surface area contributed by atoms with Crippen LogP contribution in [0.5, 0.6) is 0 Å². The second-order valence-electron chi connectivity index (χ2n) is 3.00. The summed E-state index contributed by atoms with van der Waals surface area (Å²) in [5.74, 6) is 0.968. The van der Waals surface area contributed by atoms with Crippen molar-refractivity contribution in [3.8, 4) is 0 Å². The quantitative estimate of drug-likeness (QED) is 0.739. The highest BCUT2D eigenvalue weighted by Crippen LogP contribution is 2.27. The van der Waals surface area contributed by atoms with E-state index in [0.29, 0.717) is 0 Å². The van der Waals surface area contributed by atoms with E-state index in [9.17, 15) is 0 Å². The van der Waals surface area contributed by atoms with Gasteiger partial charge in [0.2, 0.25) is 0 Å². The van der Waals surface area contributed by atoms with Crippen LogP contribution in [0.15, 0.2) is 11.6 Å². The first-order valence-electron chi connectivity index (χ1n) is 4.04. The van der Waals surface area contributed by atoms with Gasteiger partial charge in [-0.05, 0) is 25.3 Å². The highest BCUT2D eigenvalue weighted by Gasteiger charge is 2.20. The first-order valence-corrected chi connectivity index (χ1v) is 4.92. The summed E-state index contributed by atoms with van der Waals surface area (Å²) in [6.45, 7) is 2.13. The van der Waals surface area contributed by atoms with Gasteiger partial charge in [0.05, 0.1) is 0 Å². The summed E-state index contributed by atoms with van der Waals surface area (Å²) in [6, 6.07) is 0. The zero-order valence-electron chi connectivity index (χ0n) is 6.42. The molecule has 2 nitrogen and oxygen atoms in total. The molecular formula is C8H12N2S. The Balaban J connectivity index is 1.66. The molecule has 0 atom stereocenters. The van der Waals surface area contributed by atoms with Gasteiger partial charge >= 0.3 is 0 Å². The molecule has 1 aliphatic rings. The van der Waals surface area contributed by atoms with Crippen molar-refractivity contribution in [2.75, 3.05) is 6.54 Å². The molecule has 1 heterocycles. The van der Waals surface area contributed by atoms with Crippen LogP contribution in [0.4, 0.5) is 0 Å². The molecular weight excluding hydrogens is 156 g/mol. The Hall–Kier alpha value is -0.410. The third-order valence-corrected chi connectivity index (χ3v) is 2.67. The number of rotatable bonds is 4. The fourth-order valence-electron chi connectivity index (χ4n) is 1.05. The van der Waals surface area contributed by atoms with Crippen molar-refractivity contribution < 1.29 is 0 Å². The second-order valence-corrected chi connectivity index (χ2v) is 3.98. The van der Waals surface area contributed by atoms with E-state index in [1.807, 2.05) is 11.6 Å². The minimum atomic E-state index is 0.953. The fraction of sp³-hybridized carbons (Fsp3) is 0.625. The summed E-state index contributed by atoms with van der Waals surface area (Å²) in [6.07, 6.45) is 4.70. The average molecular weight is 168 g/mol. The fourth-order valence-corrected chi connectivity index (χ4v) is 1.63. The Morgan fingerprint density at radius 3 is 3.18 bits per heavy atom. The third kappa shape index (κ3) is 2.27. The zero-order chi connectivity index (χ0) is 7.52. The van der Waals surface area contributed by atoms with Gasteiger partial charge in [-0.3, -0.25) is 0 Å². The lowest BCUT2D eigenvalue weighted by Crippen LogP contribution is -2.15. The smallest absolute Gasteiger partial charge is 0.106 e. The van der Waals surface area contributed by atoms with Gasteiger partial charge in [-0.25, -0.2) is 4.98 Å². The van der Waals surface area contributed by atoms with Gasteiger partial charge in [-0.15, -0.1) is 11.3 Å². The van der Waals surface area contributed by atoms with Crippen molar-refractivity contribution in [1.29, 1.82) is 0 Å². The van der Waals surface area contributed by atoms with Crippen LogP contribution in [0, 0.1) is 5.92 Å². The van der Waals surface area contributed by atoms with Gasteiger partial charge in [-0.1, -0.05) is 0 Å². The first kappa shape index (κ1) is 7.25. The summed E-state index contributed by atoms with van der Waals surface area (Å²) in [4.78, 5) is 4.19. The van der Waals surface area contributed by atoms with Crippen LogP contribution >= 0.6 is 11.3 Å². The number of thiazole rings is 1. The molecule has 11 heavy (non-hydrogen) atoms. The minimum absolute atomic E-state index is 0.953. The molecule has 1 fully saturated rings. The predicted molar refractivity (Wildman–Crippen MR) is 46.5 cm³/mol. The number of nitrogens with one attached hydrogen (secondary N) is 1. The number of hydrogen-bond donors (Lipinski definition) is 1. The summed E-state index contributed by atoms with van der Waals surface area (Å²) < 4.78 is 0. The van der Waals surface area contributed by atoms with Crippen LogP contribution in [0.25, 0.3) is 0 Å². The van der Waals surface area contributed by atoms with E-state index in [2.05, 4.69) is 10.3 Å². The van der Waals surface area contributed by atoms with E-state index in [1.54, 1.807) is 11.3 Å². The SMILES string of the molecule is c1csc(CNCC2CC2)n1. The van der Waals surface area contributed by atoms with Crippen molar-refractivity contribution in [1.82, 2.24) is 10.3 Å². The maximum absolute atomic E-state index is 4.19. The Morgan fingerprint density at radius 2 is 2.55 bits per heavy atom. The van der Waals surface area contributed by atoms with Crippen LogP contribution in [-0.4, -0.2) is 11.5 Å². The Labute approximate surface area is 70.7 Å². The van der Waals surface area contributed by atoms with E-state index >= 15 is 0 Å². The lowest BCUT2D eigenvalue weighted by molar-refractivity contribution is 0.637. The maximum Gasteiger partial charge on any atom is 0.106 e. The molecule has 3 heteroatoms. The van der Waals surface area contributed by atoms with Crippen LogP contribution in [0.3, 0.4) is 0 Å². The van der Waals surface area contributed by atoms with Crippen molar-refractivity contribution in [3.63, 3.8) is 0 Å². The van der Waals surface area contributed by atoms with Crippen LogP contribution in [-0.2, 0) is 6.54 Å². The van der Waals surface area contributed by atoms with Gasteiger partial charge in [0.15, 0.2) is 0 Å². The van der Waals surface area contributed by atoms with E-state index in [1.165, 1.54) is 24.4 Å². The van der Waals surface area contributed by atoms with E-state index in [0.717, 1.165) is 12.5 Å². The Morgan fingerprint density at radius 1 is 1.64 bits per heavy atom. The molecule has 60 valence electrons. The molecule has 0 radical (unpaired) electrons. The van der Waals surface area contributed by atoms with Gasteiger partial charge in [-0.2, -0.15) is 0 Å². The van der Waals surface area contributed by atoms with Crippen molar-refractivity contribution >= 4 is 11.3 Å². The average Bonchev–Trinajstić information content (AvgIpc) is 2.66. The van der Waals surface area contributed by atoms with Crippen molar-refractivity contribution in [2.24, 2.45) is 5.92 Å². The van der Waals surface area contributed by atoms with Gasteiger partial charge in [0.25, 0.3) is 0 Å². The topological polar surface area (TPSA) is 24.9 Å². The number of aromatic nitrogens is 1. The largest absolute Gasteiger partial charge is 0.310 e. The van der Waals surface area contributed by atoms with Crippen LogP contribution < -0.4 is 5.32 Å². The van der Waals surface area contributed by atoms with E-state index in [-0.39, 0.29) is 0 Å². The highest BCUT2D eigenvalue weighted by atomic mass is 32.1. The molecule has 0 aromatic carbocycles. The van der Waals surface area contributed by atoms with Crippen molar-refractivity contribution in [3.05, 3.63) is 16.6 Å². The molecule has 0 saturated heterocycles. The Bertz CT molecular complexity index is 204. The molecule has 1 N–H and O–H groups in total. The van der Waals surface area contributed by atoms with Crippen molar-refractivity contribution in [2.45, 2.75) is 19.4 Å². The molecule has 1 aliphatic carbocycles. The number of hydrogen-bond acceptors (Lipinski definition) is 3. The first-order chi connectivity index (χ1) is 5.45. The Kier molecular flexibility index (Phi) is 2.19. The summed E-state index contributed by atoms with van der Waals surface area (Å²) >= 11 is 1.72. The second kappa shape index (κ2) is 3.32. The van der Waals surface area contributed by atoms with Crippen LogP contribution in [0.2, 0.25) is 0 Å². The standard InChI is InChI=1S/C8H12N2S/c1-2-7(1)5-9-6-8-10-3-4-11-8/h3-4,7,9H,1-2,5-6H2. The van der Waals surface area contributed by atoms with Gasteiger partial charge in [0, 0.05) is 18.1 Å². The van der Waals surface area contributed by atoms with Crippen LogP contribution in [0.1, 0.15) is 17.8 Å². The van der Waals surface area contributed by atoms with E-state index in [4.69, 9.17) is 0 Å². The van der Waals surface area contributed by atoms with E-state index < -0.39 is 0 Å². The molecule has 0 unspecified atom stereocenters. The molecule has 0 bridgehead atoms. The monoisotopic (exact) mass is 168 g/mol. The maximum atomic E-state index is 4.19. The highest BCUT2D eigenvalue weighted by molar-refractivity contribution is 7.09. The molecule has 0 spiro atoms. The normalized spacial score (nSPS) is 17.1. The lowest BCUT2D eigenvalue weighted by atomic mass is 10.4. The van der Waals surface area contributed by atoms with Gasteiger partial charge < -0.3 is 5.32 Å². The molecule has 2 rings (SSSR count). The zero-order valence-corrected chi connectivity index (χ0v) is 7.23. The minimum Gasteiger partial charge on any atom is -0.310 e. The predicted octanol–water partition coefficient (Wildman–Crippen LogP) is 1.64. The lowest BCUT2D eigenvalue weighted by Gasteiger charge is -1.98. The molecule has 0 aliphatic heterocycles. The molecule has 1 aromatic rings. The summed E-state index contributed by atoms with van der Waals surface area (Å²) in [5, 5.41) is 6.62. The third-order valence-electron chi connectivity index (χ3n) is 1.89. The molecule has 1 saturated carbocycles. The number of nitrogens with zero attached hydrogens (tertiary/aromatic N) is 1. The summed E-state index contributed by atoms with van der Waals surface area (Å²) in [7, 11) is 0. The molecule has 0 amide bonds. The van der Waals surface area contributed by atoms with Gasteiger partial charge in [0.1, 0.15) is 5.01 Å². The summed E-state index contributed by atoms with van der Waals surface area (Å²) in [5.41, 5.74) is 0. The molecule has 1 aromatic heterocycles.